The predicted octanol–water partition coefficient (Wildman–Crippen LogP) is 14.0. The van der Waals surface area contributed by atoms with Crippen LogP contribution in [-0.4, -0.2) is 9.97 Å². The average Bonchev–Trinajstić information content (AvgIpc) is 3.22. The second kappa shape index (κ2) is 13.7. The summed E-state index contributed by atoms with van der Waals surface area (Å²) in [4.78, 5) is 11.4. The Morgan fingerprint density at radius 1 is 0.296 bits per heavy atom. The van der Waals surface area contributed by atoms with Crippen LogP contribution in [0.4, 0.5) is 0 Å². The van der Waals surface area contributed by atoms with Crippen LogP contribution in [0.5, 0.6) is 0 Å². The highest BCUT2D eigenvalue weighted by atomic mass is 14.8. The van der Waals surface area contributed by atoms with Gasteiger partial charge in [0, 0.05) is 21.9 Å². The molecule has 0 bridgehead atoms. The molecule has 258 valence electrons. The molecular weight excluding hydrogens is 653 g/mol. The van der Waals surface area contributed by atoms with E-state index < -0.39 is 0 Å². The number of benzene rings is 7. The number of pyridine rings is 2. The molecule has 0 spiro atoms. The van der Waals surface area contributed by atoms with E-state index in [1.54, 1.807) is 0 Å². The molecule has 0 saturated heterocycles. The van der Waals surface area contributed by atoms with Gasteiger partial charge in [-0.25, -0.2) is 9.97 Å². The van der Waals surface area contributed by atoms with E-state index in [1.165, 1.54) is 44.5 Å². The molecule has 2 nitrogen and oxygen atoms in total. The van der Waals surface area contributed by atoms with Crippen molar-refractivity contribution in [1.82, 2.24) is 9.97 Å². The van der Waals surface area contributed by atoms with Crippen molar-refractivity contribution in [3.8, 4) is 67.0 Å². The fourth-order valence-corrected chi connectivity index (χ4v) is 8.18. The summed E-state index contributed by atoms with van der Waals surface area (Å²) in [6, 6.07) is 60.8. The van der Waals surface area contributed by atoms with Crippen molar-refractivity contribution in [3.63, 3.8) is 0 Å². The fraction of sp³-hybridized carbons (Fsp3) is 0.0769. The maximum Gasteiger partial charge on any atom is 0.0978 e. The Hall–Kier alpha value is -6.64. The van der Waals surface area contributed by atoms with E-state index in [0.29, 0.717) is 0 Å². The highest BCUT2D eigenvalue weighted by Gasteiger charge is 2.22. The quantitative estimate of drug-likeness (QED) is 0.162. The minimum absolute atomic E-state index is 0.898. The SMILES string of the molecule is Cc1ccc(C)c(-c2cc(-c3ccccc3)c3ccc4c(-c5ccccc5)cc(-c5c(C)ccc(C)c5-c5ccccc5)nc4c3n2)c1-c1ccccc1. The van der Waals surface area contributed by atoms with Gasteiger partial charge in [-0.15, -0.1) is 0 Å². The zero-order valence-corrected chi connectivity index (χ0v) is 31.1. The maximum atomic E-state index is 5.68. The van der Waals surface area contributed by atoms with Gasteiger partial charge in [-0.1, -0.05) is 158 Å². The molecule has 0 saturated carbocycles. The summed E-state index contributed by atoms with van der Waals surface area (Å²) in [7, 11) is 0. The molecule has 0 radical (unpaired) electrons. The van der Waals surface area contributed by atoms with Gasteiger partial charge < -0.3 is 0 Å². The molecule has 0 N–H and O–H groups in total. The number of hydrogen-bond donors (Lipinski definition) is 0. The van der Waals surface area contributed by atoms with Crippen molar-refractivity contribution in [1.29, 1.82) is 0 Å². The molecule has 54 heavy (non-hydrogen) atoms. The van der Waals surface area contributed by atoms with E-state index in [0.717, 1.165) is 66.6 Å². The zero-order valence-electron chi connectivity index (χ0n) is 31.1. The Labute approximate surface area is 317 Å². The van der Waals surface area contributed by atoms with E-state index >= 15 is 0 Å². The monoisotopic (exact) mass is 692 g/mol. The van der Waals surface area contributed by atoms with E-state index in [9.17, 15) is 0 Å². The Bertz CT molecular complexity index is 2630. The molecule has 0 amide bonds. The second-order valence-electron chi connectivity index (χ2n) is 14.3. The first-order valence-corrected chi connectivity index (χ1v) is 18.7. The van der Waals surface area contributed by atoms with Gasteiger partial charge in [0.05, 0.1) is 22.4 Å². The highest BCUT2D eigenvalue weighted by molar-refractivity contribution is 6.14. The van der Waals surface area contributed by atoms with E-state index in [4.69, 9.17) is 9.97 Å². The van der Waals surface area contributed by atoms with Gasteiger partial charge in [-0.05, 0) is 107 Å². The van der Waals surface area contributed by atoms with Crippen LogP contribution in [-0.2, 0) is 0 Å². The molecule has 9 aromatic rings. The summed E-state index contributed by atoms with van der Waals surface area (Å²) in [5.41, 5.74) is 20.2. The molecule has 0 fully saturated rings. The Morgan fingerprint density at radius 2 is 0.593 bits per heavy atom. The zero-order chi connectivity index (χ0) is 36.8. The van der Waals surface area contributed by atoms with Crippen LogP contribution in [0.3, 0.4) is 0 Å². The molecule has 2 heterocycles. The first-order valence-electron chi connectivity index (χ1n) is 18.7. The van der Waals surface area contributed by atoms with Crippen LogP contribution in [0.15, 0.2) is 170 Å². The molecule has 2 aromatic heterocycles. The van der Waals surface area contributed by atoms with Crippen molar-refractivity contribution < 1.29 is 0 Å². The van der Waals surface area contributed by atoms with Gasteiger partial charge in [0.25, 0.3) is 0 Å². The van der Waals surface area contributed by atoms with Gasteiger partial charge in [0.1, 0.15) is 0 Å². The summed E-state index contributed by atoms with van der Waals surface area (Å²) in [5, 5.41) is 2.16. The number of hydrogen-bond acceptors (Lipinski definition) is 2. The van der Waals surface area contributed by atoms with Crippen molar-refractivity contribution in [2.45, 2.75) is 27.7 Å². The molecule has 0 atom stereocenters. The summed E-state index contributed by atoms with van der Waals surface area (Å²) in [5.74, 6) is 0. The lowest BCUT2D eigenvalue weighted by molar-refractivity contribution is 1.32. The third-order valence-corrected chi connectivity index (χ3v) is 10.8. The number of aryl methyl sites for hydroxylation is 4. The van der Waals surface area contributed by atoms with Crippen LogP contribution in [0, 0.1) is 27.7 Å². The minimum Gasteiger partial charge on any atom is -0.245 e. The summed E-state index contributed by atoms with van der Waals surface area (Å²) in [6.45, 7) is 8.81. The molecule has 0 unspecified atom stereocenters. The lowest BCUT2D eigenvalue weighted by atomic mass is 9.87. The topological polar surface area (TPSA) is 25.8 Å². The third kappa shape index (κ3) is 5.77. The number of aromatic nitrogens is 2. The highest BCUT2D eigenvalue weighted by Crippen LogP contribution is 2.44. The summed E-state index contributed by atoms with van der Waals surface area (Å²) >= 11 is 0. The number of fused-ring (bicyclic) bond motifs is 3. The number of rotatable bonds is 6. The minimum atomic E-state index is 0.898. The second-order valence-corrected chi connectivity index (χ2v) is 14.3. The molecular formula is C52H40N2. The molecule has 0 aliphatic carbocycles. The lowest BCUT2D eigenvalue weighted by Crippen LogP contribution is -2.00. The smallest absolute Gasteiger partial charge is 0.0978 e. The van der Waals surface area contributed by atoms with Gasteiger partial charge in [-0.2, -0.15) is 0 Å². The van der Waals surface area contributed by atoms with Crippen LogP contribution in [0.1, 0.15) is 22.3 Å². The normalized spacial score (nSPS) is 11.3. The summed E-state index contributed by atoms with van der Waals surface area (Å²) in [6.07, 6.45) is 0. The van der Waals surface area contributed by atoms with Crippen LogP contribution in [0.25, 0.3) is 88.8 Å². The molecule has 0 aliphatic heterocycles. The standard InChI is InChI=1S/C52H40N2/c1-33-25-27-35(3)49(47(33)39-21-13-7-14-22-39)45-31-43(37-17-9-5-10-18-37)41-29-30-42-44(38-19-11-6-12-20-38)32-46(54-52(42)51(41)53-45)50-36(4)28-26-34(2)48(50)40-23-15-8-16-24-40/h5-32H,1-4H3. The third-order valence-electron chi connectivity index (χ3n) is 10.8. The molecule has 0 aliphatic rings. The Balaban J connectivity index is 1.44. The van der Waals surface area contributed by atoms with Crippen molar-refractivity contribution in [2.24, 2.45) is 0 Å². The van der Waals surface area contributed by atoms with Crippen molar-refractivity contribution in [2.75, 3.05) is 0 Å². The average molecular weight is 693 g/mol. The first-order chi connectivity index (χ1) is 26.5. The van der Waals surface area contributed by atoms with Crippen LogP contribution >= 0.6 is 0 Å². The number of nitrogens with zero attached hydrogens (tertiary/aromatic N) is 2. The van der Waals surface area contributed by atoms with Gasteiger partial charge in [0.2, 0.25) is 0 Å². The van der Waals surface area contributed by atoms with E-state index in [-0.39, 0.29) is 0 Å². The molecule has 2 heteroatoms. The van der Waals surface area contributed by atoms with Crippen LogP contribution < -0.4 is 0 Å². The fourth-order valence-electron chi connectivity index (χ4n) is 8.18. The lowest BCUT2D eigenvalue weighted by Gasteiger charge is -2.20. The van der Waals surface area contributed by atoms with Crippen molar-refractivity contribution >= 4 is 21.8 Å². The maximum absolute atomic E-state index is 5.68. The predicted molar refractivity (Wildman–Crippen MR) is 229 cm³/mol. The largest absolute Gasteiger partial charge is 0.245 e. The summed E-state index contributed by atoms with van der Waals surface area (Å²) < 4.78 is 0. The Morgan fingerprint density at radius 3 is 0.926 bits per heavy atom. The van der Waals surface area contributed by atoms with Crippen LogP contribution in [0.2, 0.25) is 0 Å². The van der Waals surface area contributed by atoms with Crippen molar-refractivity contribution in [3.05, 3.63) is 192 Å². The molecule has 7 aromatic carbocycles. The first kappa shape index (κ1) is 33.2. The van der Waals surface area contributed by atoms with E-state index in [1.807, 2.05) is 0 Å². The van der Waals surface area contributed by atoms with E-state index in [2.05, 4.69) is 198 Å². The van der Waals surface area contributed by atoms with Gasteiger partial charge >= 0.3 is 0 Å². The Kier molecular flexibility index (Phi) is 8.44. The molecule has 9 rings (SSSR count). The van der Waals surface area contributed by atoms with Gasteiger partial charge in [0.15, 0.2) is 0 Å². The van der Waals surface area contributed by atoms with Gasteiger partial charge in [-0.3, -0.25) is 0 Å².